The Bertz CT molecular complexity index is 1410. The van der Waals surface area contributed by atoms with Crippen LogP contribution in [0.5, 0.6) is 0 Å². The Kier molecular flexibility index (Phi) is 7.61. The summed E-state index contributed by atoms with van der Waals surface area (Å²) in [5.41, 5.74) is -3.13. The van der Waals surface area contributed by atoms with Gasteiger partial charge in [-0.05, 0) is 59.6 Å². The molecular formula is C26H32N2O7S. The molecule has 0 saturated carbocycles. The summed E-state index contributed by atoms with van der Waals surface area (Å²) in [6, 6.07) is 8.77. The Morgan fingerprint density at radius 1 is 1.08 bits per heavy atom. The third kappa shape index (κ3) is 5.15. The highest BCUT2D eigenvalue weighted by molar-refractivity contribution is 7.20. The van der Waals surface area contributed by atoms with Crippen LogP contribution in [-0.4, -0.2) is 38.4 Å². The predicted molar refractivity (Wildman–Crippen MR) is 138 cm³/mol. The van der Waals surface area contributed by atoms with E-state index >= 15 is 0 Å². The number of aryl methyl sites for hydroxylation is 1. The first-order valence-electron chi connectivity index (χ1n) is 11.6. The SMILES string of the molecule is CCOC(=O)c1sc2c(c1C)c(=O)n(C(C)(C)C(=O)OC(C)(C)C)c(=O)n2CC(O)c1ccccc1. The molecule has 0 fully saturated rings. The van der Waals surface area contributed by atoms with Gasteiger partial charge in [-0.3, -0.25) is 9.36 Å². The Hall–Kier alpha value is -3.24. The molecule has 0 aliphatic carbocycles. The molecular weight excluding hydrogens is 484 g/mol. The lowest BCUT2D eigenvalue weighted by Crippen LogP contribution is -2.54. The van der Waals surface area contributed by atoms with Gasteiger partial charge < -0.3 is 14.6 Å². The summed E-state index contributed by atoms with van der Waals surface area (Å²) in [6.07, 6.45) is -1.09. The Labute approximate surface area is 212 Å². The van der Waals surface area contributed by atoms with E-state index in [4.69, 9.17) is 9.47 Å². The molecule has 2 aromatic heterocycles. The number of hydrogen-bond acceptors (Lipinski definition) is 8. The van der Waals surface area contributed by atoms with Crippen LogP contribution >= 0.6 is 11.3 Å². The van der Waals surface area contributed by atoms with E-state index in [1.54, 1.807) is 65.0 Å². The lowest BCUT2D eigenvalue weighted by atomic mass is 10.0. The highest BCUT2D eigenvalue weighted by Crippen LogP contribution is 2.30. The van der Waals surface area contributed by atoms with Gasteiger partial charge in [-0.2, -0.15) is 0 Å². The third-order valence-electron chi connectivity index (χ3n) is 5.67. The molecule has 194 valence electrons. The Morgan fingerprint density at radius 2 is 1.69 bits per heavy atom. The molecule has 0 radical (unpaired) electrons. The number of aliphatic hydroxyl groups excluding tert-OH is 1. The molecule has 0 aliphatic heterocycles. The summed E-state index contributed by atoms with van der Waals surface area (Å²) in [5.74, 6) is -1.38. The first kappa shape index (κ1) is 27.3. The minimum Gasteiger partial charge on any atom is -0.462 e. The molecule has 3 rings (SSSR count). The Morgan fingerprint density at radius 3 is 2.25 bits per heavy atom. The van der Waals surface area contributed by atoms with Crippen molar-refractivity contribution in [3.05, 3.63) is 67.2 Å². The van der Waals surface area contributed by atoms with Gasteiger partial charge in [-0.1, -0.05) is 30.3 Å². The molecule has 1 atom stereocenters. The molecule has 0 aliphatic rings. The number of nitrogens with zero attached hydrogens (tertiary/aromatic N) is 2. The lowest BCUT2D eigenvalue weighted by molar-refractivity contribution is -0.164. The van der Waals surface area contributed by atoms with Crippen molar-refractivity contribution in [3.8, 4) is 0 Å². The summed E-state index contributed by atoms with van der Waals surface area (Å²) < 4.78 is 12.7. The fourth-order valence-electron chi connectivity index (χ4n) is 3.84. The van der Waals surface area contributed by atoms with Crippen molar-refractivity contribution in [2.24, 2.45) is 0 Å². The highest BCUT2D eigenvalue weighted by atomic mass is 32.1. The maximum atomic E-state index is 13.8. The van der Waals surface area contributed by atoms with E-state index in [9.17, 15) is 24.3 Å². The van der Waals surface area contributed by atoms with E-state index in [0.29, 0.717) is 11.1 Å². The second-order valence-electron chi connectivity index (χ2n) is 9.98. The summed E-state index contributed by atoms with van der Waals surface area (Å²) in [4.78, 5) is 53.6. The molecule has 1 aromatic carbocycles. The van der Waals surface area contributed by atoms with Gasteiger partial charge >= 0.3 is 17.6 Å². The molecule has 0 amide bonds. The topological polar surface area (TPSA) is 117 Å². The van der Waals surface area contributed by atoms with E-state index < -0.39 is 40.4 Å². The van der Waals surface area contributed by atoms with Crippen molar-refractivity contribution in [1.29, 1.82) is 0 Å². The maximum absolute atomic E-state index is 13.8. The monoisotopic (exact) mass is 516 g/mol. The van der Waals surface area contributed by atoms with Gasteiger partial charge in [-0.25, -0.2) is 19.0 Å². The van der Waals surface area contributed by atoms with Crippen molar-refractivity contribution < 1.29 is 24.2 Å². The standard InChI is InChI=1S/C26H32N2O7S/c1-8-34-22(31)19-15(2)18-20(30)28(26(6,7)23(32)35-25(3,4)5)24(33)27(21(18)36-19)14-17(29)16-12-10-9-11-13-16/h9-13,17,29H,8,14H2,1-7H3. The predicted octanol–water partition coefficient (Wildman–Crippen LogP) is 3.52. The van der Waals surface area contributed by atoms with Crippen molar-refractivity contribution >= 4 is 33.5 Å². The number of thiophene rings is 1. The van der Waals surface area contributed by atoms with E-state index in [1.807, 2.05) is 0 Å². The van der Waals surface area contributed by atoms with Crippen LogP contribution in [0.15, 0.2) is 39.9 Å². The van der Waals surface area contributed by atoms with E-state index in [-0.39, 0.29) is 28.2 Å². The van der Waals surface area contributed by atoms with Crippen LogP contribution in [0.1, 0.15) is 68.4 Å². The average molecular weight is 517 g/mol. The largest absolute Gasteiger partial charge is 0.462 e. The molecule has 3 aromatic rings. The summed E-state index contributed by atoms with van der Waals surface area (Å²) in [5, 5.41) is 11.0. The molecule has 0 saturated heterocycles. The number of aliphatic hydroxyl groups is 1. The van der Waals surface area contributed by atoms with Crippen LogP contribution in [0, 0.1) is 6.92 Å². The van der Waals surface area contributed by atoms with Crippen molar-refractivity contribution in [2.75, 3.05) is 6.61 Å². The van der Waals surface area contributed by atoms with E-state index in [2.05, 4.69) is 0 Å². The van der Waals surface area contributed by atoms with Crippen LogP contribution in [0.25, 0.3) is 10.2 Å². The second kappa shape index (κ2) is 10.0. The normalized spacial score (nSPS) is 13.0. The first-order valence-corrected chi connectivity index (χ1v) is 12.4. The molecule has 0 bridgehead atoms. The van der Waals surface area contributed by atoms with Gasteiger partial charge in [0.2, 0.25) is 0 Å². The number of rotatable bonds is 7. The zero-order valence-electron chi connectivity index (χ0n) is 21.6. The number of hydrogen-bond donors (Lipinski definition) is 1. The summed E-state index contributed by atoms with van der Waals surface area (Å²) in [6.45, 7) is 11.1. The zero-order valence-corrected chi connectivity index (χ0v) is 22.4. The molecule has 1 N–H and O–H groups in total. The quantitative estimate of drug-likeness (QED) is 0.478. The van der Waals surface area contributed by atoms with Crippen molar-refractivity contribution in [3.63, 3.8) is 0 Å². The number of carbonyl (C=O) groups excluding carboxylic acids is 2. The van der Waals surface area contributed by atoms with E-state index in [0.717, 1.165) is 15.9 Å². The molecule has 0 spiro atoms. The van der Waals surface area contributed by atoms with Crippen molar-refractivity contribution in [1.82, 2.24) is 9.13 Å². The number of aromatic nitrogens is 2. The molecule has 2 heterocycles. The number of carbonyl (C=O) groups is 2. The zero-order chi connectivity index (χ0) is 27.0. The van der Waals surface area contributed by atoms with Gasteiger partial charge in [-0.15, -0.1) is 11.3 Å². The minimum atomic E-state index is -1.67. The van der Waals surface area contributed by atoms with Crippen LogP contribution in [0.2, 0.25) is 0 Å². The first-order chi connectivity index (χ1) is 16.7. The van der Waals surface area contributed by atoms with Crippen LogP contribution in [0.4, 0.5) is 0 Å². The smallest absolute Gasteiger partial charge is 0.348 e. The summed E-state index contributed by atoms with van der Waals surface area (Å²) >= 11 is 0.950. The fraction of sp³-hybridized carbons (Fsp3) is 0.462. The van der Waals surface area contributed by atoms with Crippen LogP contribution in [-0.2, 0) is 26.4 Å². The second-order valence-corrected chi connectivity index (χ2v) is 11.0. The fourth-order valence-corrected chi connectivity index (χ4v) is 5.04. The van der Waals surface area contributed by atoms with Crippen LogP contribution in [0.3, 0.4) is 0 Å². The molecule has 1 unspecified atom stereocenters. The number of benzene rings is 1. The highest BCUT2D eigenvalue weighted by Gasteiger charge is 2.39. The summed E-state index contributed by atoms with van der Waals surface area (Å²) in [7, 11) is 0. The minimum absolute atomic E-state index is 0.111. The lowest BCUT2D eigenvalue weighted by Gasteiger charge is -2.30. The van der Waals surface area contributed by atoms with Crippen LogP contribution < -0.4 is 11.2 Å². The maximum Gasteiger partial charge on any atom is 0.348 e. The van der Waals surface area contributed by atoms with Gasteiger partial charge in [0, 0.05) is 0 Å². The van der Waals surface area contributed by atoms with E-state index in [1.165, 1.54) is 18.4 Å². The van der Waals surface area contributed by atoms with Gasteiger partial charge in [0.1, 0.15) is 20.8 Å². The van der Waals surface area contributed by atoms with Gasteiger partial charge in [0.15, 0.2) is 0 Å². The van der Waals surface area contributed by atoms with Gasteiger partial charge in [0.05, 0.1) is 24.6 Å². The number of fused-ring (bicyclic) bond motifs is 1. The molecule has 10 heteroatoms. The van der Waals surface area contributed by atoms with Crippen molar-refractivity contribution in [2.45, 2.75) is 72.3 Å². The number of esters is 2. The molecule has 36 heavy (non-hydrogen) atoms. The Balaban J connectivity index is 2.33. The molecule has 9 nitrogen and oxygen atoms in total. The number of ether oxygens (including phenoxy) is 2. The van der Waals surface area contributed by atoms with Gasteiger partial charge in [0.25, 0.3) is 5.56 Å². The average Bonchev–Trinajstić information content (AvgIpc) is 3.13. The third-order valence-corrected chi connectivity index (χ3v) is 6.97.